The van der Waals surface area contributed by atoms with Crippen molar-refractivity contribution in [1.29, 1.82) is 0 Å². The Morgan fingerprint density at radius 1 is 1.21 bits per heavy atom. The molecular formula is C26H34O3. The number of ether oxygens (including phenoxy) is 2. The van der Waals surface area contributed by atoms with Crippen LogP contribution >= 0.6 is 0 Å². The van der Waals surface area contributed by atoms with Crippen LogP contribution in [-0.4, -0.2) is 19.2 Å². The molecule has 1 aromatic rings. The highest BCUT2D eigenvalue weighted by molar-refractivity contribution is 5.81. The van der Waals surface area contributed by atoms with E-state index in [1.54, 1.807) is 5.57 Å². The lowest BCUT2D eigenvalue weighted by Gasteiger charge is -2.42. The molecule has 2 aliphatic carbocycles. The third-order valence-corrected chi connectivity index (χ3v) is 6.65. The molecule has 0 amide bonds. The summed E-state index contributed by atoms with van der Waals surface area (Å²) >= 11 is 0. The second kappa shape index (κ2) is 9.96. The summed E-state index contributed by atoms with van der Waals surface area (Å²) in [7, 11) is 0. The van der Waals surface area contributed by atoms with Gasteiger partial charge in [-0.05, 0) is 54.2 Å². The Hall–Kier alpha value is -2.29. The first-order valence-corrected chi connectivity index (χ1v) is 10.9. The lowest BCUT2D eigenvalue weighted by Crippen LogP contribution is -2.35. The van der Waals surface area contributed by atoms with Crippen molar-refractivity contribution in [2.24, 2.45) is 11.8 Å². The summed E-state index contributed by atoms with van der Waals surface area (Å²) in [5.74, 6) is 1.60. The van der Waals surface area contributed by atoms with Crippen molar-refractivity contribution in [3.05, 3.63) is 66.3 Å². The van der Waals surface area contributed by atoms with Crippen LogP contribution in [0.15, 0.2) is 60.7 Å². The second-order valence-electron chi connectivity index (χ2n) is 8.55. The fraction of sp³-hybridized carbons (Fsp3) is 0.500. The number of carbonyl (C=O) groups excluding carboxylic acids is 1. The van der Waals surface area contributed by atoms with Gasteiger partial charge in [-0.25, -0.2) is 4.79 Å². The molecule has 0 aliphatic heterocycles. The molecular weight excluding hydrogens is 360 g/mol. The van der Waals surface area contributed by atoms with Crippen LogP contribution in [-0.2, 0) is 14.9 Å². The molecule has 3 rings (SSSR count). The highest BCUT2D eigenvalue weighted by Crippen LogP contribution is 2.48. The Balaban J connectivity index is 1.74. The van der Waals surface area contributed by atoms with Gasteiger partial charge < -0.3 is 9.47 Å². The molecule has 29 heavy (non-hydrogen) atoms. The average Bonchev–Trinajstić information content (AvgIpc) is 2.81. The van der Waals surface area contributed by atoms with Crippen molar-refractivity contribution in [2.45, 2.75) is 57.8 Å². The fourth-order valence-corrected chi connectivity index (χ4v) is 4.88. The highest BCUT2D eigenvalue weighted by Gasteiger charge is 2.39. The predicted molar refractivity (Wildman–Crippen MR) is 118 cm³/mol. The maximum absolute atomic E-state index is 11.1. The van der Waals surface area contributed by atoms with E-state index in [0.29, 0.717) is 18.4 Å². The first-order chi connectivity index (χ1) is 14.0. The van der Waals surface area contributed by atoms with Gasteiger partial charge in [-0.15, -0.1) is 0 Å². The van der Waals surface area contributed by atoms with Crippen molar-refractivity contribution < 1.29 is 14.3 Å². The second-order valence-corrected chi connectivity index (χ2v) is 8.55. The highest BCUT2D eigenvalue weighted by atomic mass is 16.6. The van der Waals surface area contributed by atoms with Crippen LogP contribution in [0.3, 0.4) is 0 Å². The number of hydrogen-bond acceptors (Lipinski definition) is 3. The van der Waals surface area contributed by atoms with Crippen LogP contribution in [0, 0.1) is 11.8 Å². The molecule has 2 aliphatic rings. The Morgan fingerprint density at radius 3 is 2.76 bits per heavy atom. The minimum atomic E-state index is -0.420. The Bertz CT molecular complexity index is 759. The van der Waals surface area contributed by atoms with E-state index in [9.17, 15) is 4.79 Å². The van der Waals surface area contributed by atoms with Gasteiger partial charge in [0, 0.05) is 6.08 Å². The monoisotopic (exact) mass is 394 g/mol. The maximum Gasteiger partial charge on any atom is 0.330 e. The number of carbonyl (C=O) groups is 1. The summed E-state index contributed by atoms with van der Waals surface area (Å²) < 4.78 is 10.7. The minimum absolute atomic E-state index is 0.132. The lowest BCUT2D eigenvalue weighted by atomic mass is 9.62. The Labute approximate surface area is 175 Å². The van der Waals surface area contributed by atoms with E-state index in [4.69, 9.17) is 9.47 Å². The number of benzene rings is 1. The van der Waals surface area contributed by atoms with Crippen LogP contribution in [0.5, 0.6) is 5.75 Å². The van der Waals surface area contributed by atoms with E-state index in [1.165, 1.54) is 37.7 Å². The van der Waals surface area contributed by atoms with Crippen molar-refractivity contribution in [3.63, 3.8) is 0 Å². The van der Waals surface area contributed by atoms with Gasteiger partial charge in [0.25, 0.3) is 0 Å². The molecule has 3 heteroatoms. The summed E-state index contributed by atoms with van der Waals surface area (Å²) in [6.07, 6.45) is 15.7. The first kappa shape index (κ1) is 21.4. The van der Waals surface area contributed by atoms with E-state index >= 15 is 0 Å². The van der Waals surface area contributed by atoms with Gasteiger partial charge in [0.05, 0.1) is 0 Å². The number of fused-ring (bicyclic) bond motifs is 1. The van der Waals surface area contributed by atoms with Gasteiger partial charge in [0.1, 0.15) is 19.0 Å². The third kappa shape index (κ3) is 5.20. The van der Waals surface area contributed by atoms with E-state index in [0.717, 1.165) is 18.2 Å². The van der Waals surface area contributed by atoms with Crippen LogP contribution in [0.1, 0.15) is 57.9 Å². The molecule has 0 aromatic heterocycles. The van der Waals surface area contributed by atoms with Gasteiger partial charge in [-0.3, -0.25) is 0 Å². The molecule has 0 bridgehead atoms. The average molecular weight is 395 g/mol. The third-order valence-electron chi connectivity index (χ3n) is 6.65. The molecule has 3 atom stereocenters. The van der Waals surface area contributed by atoms with Crippen molar-refractivity contribution in [3.8, 4) is 5.75 Å². The van der Waals surface area contributed by atoms with Crippen LogP contribution < -0.4 is 4.74 Å². The molecule has 1 saturated carbocycles. The number of allylic oxidation sites excluding steroid dienone is 4. The topological polar surface area (TPSA) is 35.5 Å². The minimum Gasteiger partial charge on any atom is -0.490 e. The normalized spacial score (nSPS) is 26.9. The van der Waals surface area contributed by atoms with Crippen molar-refractivity contribution in [1.82, 2.24) is 0 Å². The lowest BCUT2D eigenvalue weighted by molar-refractivity contribution is -0.138. The quantitative estimate of drug-likeness (QED) is 0.329. The van der Waals surface area contributed by atoms with E-state index in [1.807, 2.05) is 12.1 Å². The molecule has 0 spiro atoms. The van der Waals surface area contributed by atoms with Crippen molar-refractivity contribution >= 4 is 5.97 Å². The summed E-state index contributed by atoms with van der Waals surface area (Å²) in [6, 6.07) is 8.55. The summed E-state index contributed by atoms with van der Waals surface area (Å²) in [6.45, 7) is 8.81. The summed E-state index contributed by atoms with van der Waals surface area (Å²) in [4.78, 5) is 11.1. The molecule has 3 nitrogen and oxygen atoms in total. The molecule has 1 aromatic carbocycles. The molecule has 0 radical (unpaired) electrons. The van der Waals surface area contributed by atoms with Gasteiger partial charge in [-0.2, -0.15) is 0 Å². The summed E-state index contributed by atoms with van der Waals surface area (Å²) in [5, 5.41) is 0. The van der Waals surface area contributed by atoms with E-state index < -0.39 is 5.97 Å². The summed E-state index contributed by atoms with van der Waals surface area (Å²) in [5.41, 5.74) is 3.15. The molecule has 0 N–H and O–H groups in total. The first-order valence-electron chi connectivity index (χ1n) is 10.9. The molecule has 0 heterocycles. The number of hydrogen-bond donors (Lipinski definition) is 0. The Morgan fingerprint density at radius 2 is 2.00 bits per heavy atom. The fourth-order valence-electron chi connectivity index (χ4n) is 4.88. The predicted octanol–water partition coefficient (Wildman–Crippen LogP) is 6.16. The molecule has 156 valence electrons. The number of esters is 1. The van der Waals surface area contributed by atoms with Gasteiger partial charge in [0.2, 0.25) is 0 Å². The van der Waals surface area contributed by atoms with Gasteiger partial charge in [-0.1, -0.05) is 75.6 Å². The zero-order chi connectivity index (χ0) is 20.7. The van der Waals surface area contributed by atoms with Crippen molar-refractivity contribution in [2.75, 3.05) is 13.2 Å². The smallest absolute Gasteiger partial charge is 0.330 e. The van der Waals surface area contributed by atoms with Crippen LogP contribution in [0.4, 0.5) is 0 Å². The van der Waals surface area contributed by atoms with Gasteiger partial charge >= 0.3 is 5.97 Å². The molecule has 0 saturated heterocycles. The Kier molecular flexibility index (Phi) is 7.35. The van der Waals surface area contributed by atoms with E-state index in [-0.39, 0.29) is 12.0 Å². The standard InChI is InChI=1S/C26H34O3/c1-4-25(27)29-19-18-28-22-15-13-21(14-16-22)26(3)17-9-5-6-10-20(2)23-11-7-8-12-24(23)26/h4,7-8,11,13-16,20,24H,1,5-6,9-10,12,17-19H2,2-3H3. The molecule has 1 fully saturated rings. The van der Waals surface area contributed by atoms with Crippen LogP contribution in [0.25, 0.3) is 0 Å². The zero-order valence-electron chi connectivity index (χ0n) is 17.9. The largest absolute Gasteiger partial charge is 0.490 e. The van der Waals surface area contributed by atoms with E-state index in [2.05, 4.69) is 50.8 Å². The maximum atomic E-state index is 11.1. The number of rotatable bonds is 6. The SMILES string of the molecule is C=CC(=O)OCCOc1ccc(C2(C)CCCCCC(C)C3=CC=CCC32)cc1. The zero-order valence-corrected chi connectivity index (χ0v) is 17.9. The van der Waals surface area contributed by atoms with Crippen LogP contribution in [0.2, 0.25) is 0 Å². The molecule has 3 unspecified atom stereocenters. The van der Waals surface area contributed by atoms with Gasteiger partial charge in [0.15, 0.2) is 0 Å².